The average molecular weight is 148 g/mol. The third kappa shape index (κ3) is 4.74. The van der Waals surface area contributed by atoms with Gasteiger partial charge < -0.3 is 5.11 Å². The van der Waals surface area contributed by atoms with E-state index in [1.54, 1.807) is 0 Å². The Hall–Kier alpha value is -0.110. The SMILES string of the molecule is CC(C)CCC(C)(F)CO. The van der Waals surface area contributed by atoms with Crippen molar-refractivity contribution < 1.29 is 9.50 Å². The molecular formula is C8H17FO. The largest absolute Gasteiger partial charge is 0.393 e. The van der Waals surface area contributed by atoms with Crippen LogP contribution in [0.2, 0.25) is 0 Å². The molecule has 0 rings (SSSR count). The smallest absolute Gasteiger partial charge is 0.131 e. The van der Waals surface area contributed by atoms with Gasteiger partial charge in [0.15, 0.2) is 0 Å². The zero-order chi connectivity index (χ0) is 8.20. The standard InChI is InChI=1S/C8H17FO/c1-7(2)4-5-8(3,9)6-10/h7,10H,4-6H2,1-3H3. The summed E-state index contributed by atoms with van der Waals surface area (Å²) < 4.78 is 12.9. The zero-order valence-corrected chi connectivity index (χ0v) is 7.02. The van der Waals surface area contributed by atoms with E-state index in [0.717, 1.165) is 6.42 Å². The minimum atomic E-state index is -1.37. The monoisotopic (exact) mass is 148 g/mol. The van der Waals surface area contributed by atoms with Gasteiger partial charge in [-0.05, 0) is 25.7 Å². The second-order valence-corrected chi connectivity index (χ2v) is 3.50. The van der Waals surface area contributed by atoms with E-state index in [2.05, 4.69) is 0 Å². The highest BCUT2D eigenvalue weighted by molar-refractivity contribution is 4.71. The molecule has 1 N–H and O–H groups in total. The van der Waals surface area contributed by atoms with Crippen LogP contribution < -0.4 is 0 Å². The summed E-state index contributed by atoms with van der Waals surface area (Å²) in [5.74, 6) is 0.515. The summed E-state index contributed by atoms with van der Waals surface area (Å²) >= 11 is 0. The van der Waals surface area contributed by atoms with E-state index >= 15 is 0 Å². The Morgan fingerprint density at radius 3 is 2.30 bits per heavy atom. The van der Waals surface area contributed by atoms with E-state index < -0.39 is 5.67 Å². The van der Waals surface area contributed by atoms with Crippen molar-refractivity contribution in [3.63, 3.8) is 0 Å². The van der Waals surface area contributed by atoms with Crippen LogP contribution in [0.1, 0.15) is 33.6 Å². The Morgan fingerprint density at radius 1 is 1.50 bits per heavy atom. The van der Waals surface area contributed by atoms with Gasteiger partial charge in [-0.15, -0.1) is 0 Å². The highest BCUT2D eigenvalue weighted by Crippen LogP contribution is 2.19. The average Bonchev–Trinajstić information content (AvgIpc) is 1.85. The minimum Gasteiger partial charge on any atom is -0.393 e. The summed E-state index contributed by atoms with van der Waals surface area (Å²) in [4.78, 5) is 0. The Labute approximate surface area is 62.3 Å². The van der Waals surface area contributed by atoms with Crippen molar-refractivity contribution in [3.05, 3.63) is 0 Å². The van der Waals surface area contributed by atoms with Gasteiger partial charge in [0.2, 0.25) is 0 Å². The molecule has 0 aliphatic heterocycles. The predicted octanol–water partition coefficient (Wildman–Crippen LogP) is 2.14. The number of aliphatic hydroxyl groups is 1. The lowest BCUT2D eigenvalue weighted by Crippen LogP contribution is -2.23. The molecule has 0 saturated carbocycles. The number of hydrogen-bond acceptors (Lipinski definition) is 1. The van der Waals surface area contributed by atoms with Crippen LogP contribution in [0.4, 0.5) is 4.39 Å². The first kappa shape index (κ1) is 9.89. The number of halogens is 1. The Kier molecular flexibility index (Phi) is 3.87. The zero-order valence-electron chi connectivity index (χ0n) is 7.02. The fraction of sp³-hybridized carbons (Fsp3) is 1.00. The number of alkyl halides is 1. The molecule has 0 aromatic heterocycles. The van der Waals surface area contributed by atoms with Crippen molar-refractivity contribution in [1.82, 2.24) is 0 Å². The van der Waals surface area contributed by atoms with Gasteiger partial charge in [0.25, 0.3) is 0 Å². The van der Waals surface area contributed by atoms with Gasteiger partial charge >= 0.3 is 0 Å². The molecule has 1 nitrogen and oxygen atoms in total. The molecule has 0 aromatic rings. The van der Waals surface area contributed by atoms with Crippen LogP contribution in [0.5, 0.6) is 0 Å². The van der Waals surface area contributed by atoms with Crippen LogP contribution in [-0.4, -0.2) is 17.4 Å². The van der Waals surface area contributed by atoms with E-state index in [0.29, 0.717) is 12.3 Å². The molecule has 1 atom stereocenters. The van der Waals surface area contributed by atoms with Crippen LogP contribution in [0.25, 0.3) is 0 Å². The first-order valence-electron chi connectivity index (χ1n) is 3.78. The summed E-state index contributed by atoms with van der Waals surface area (Å²) in [6.07, 6.45) is 1.30. The molecular weight excluding hydrogens is 131 g/mol. The maximum absolute atomic E-state index is 12.9. The van der Waals surface area contributed by atoms with Crippen LogP contribution in [0.15, 0.2) is 0 Å². The number of hydrogen-bond donors (Lipinski definition) is 1. The van der Waals surface area contributed by atoms with Gasteiger partial charge in [0, 0.05) is 0 Å². The molecule has 0 spiro atoms. The highest BCUT2D eigenvalue weighted by atomic mass is 19.1. The lowest BCUT2D eigenvalue weighted by atomic mass is 9.98. The van der Waals surface area contributed by atoms with E-state index in [1.807, 2.05) is 13.8 Å². The van der Waals surface area contributed by atoms with Gasteiger partial charge in [-0.25, -0.2) is 4.39 Å². The van der Waals surface area contributed by atoms with E-state index in [-0.39, 0.29) is 6.61 Å². The number of aliphatic hydroxyl groups excluding tert-OH is 1. The molecule has 10 heavy (non-hydrogen) atoms. The molecule has 0 saturated heterocycles. The van der Waals surface area contributed by atoms with Gasteiger partial charge in [-0.3, -0.25) is 0 Å². The summed E-state index contributed by atoms with van der Waals surface area (Å²) in [5.41, 5.74) is -1.37. The third-order valence-electron chi connectivity index (χ3n) is 1.57. The minimum absolute atomic E-state index is 0.361. The van der Waals surface area contributed by atoms with Crippen molar-refractivity contribution in [2.24, 2.45) is 5.92 Å². The lowest BCUT2D eigenvalue weighted by molar-refractivity contribution is 0.0746. The normalized spacial score (nSPS) is 17.4. The fourth-order valence-electron chi connectivity index (χ4n) is 0.669. The molecule has 0 aliphatic rings. The van der Waals surface area contributed by atoms with Crippen molar-refractivity contribution >= 4 is 0 Å². The Balaban J connectivity index is 3.46. The molecule has 0 heterocycles. The topological polar surface area (TPSA) is 20.2 Å². The van der Waals surface area contributed by atoms with Gasteiger partial charge in [-0.1, -0.05) is 13.8 Å². The van der Waals surface area contributed by atoms with Gasteiger partial charge in [0.1, 0.15) is 5.67 Å². The summed E-state index contributed by atoms with van der Waals surface area (Å²) in [6, 6.07) is 0. The second kappa shape index (κ2) is 3.91. The predicted molar refractivity (Wildman–Crippen MR) is 40.7 cm³/mol. The molecule has 0 radical (unpaired) electrons. The highest BCUT2D eigenvalue weighted by Gasteiger charge is 2.21. The van der Waals surface area contributed by atoms with Crippen LogP contribution in [0.3, 0.4) is 0 Å². The molecule has 0 aromatic carbocycles. The summed E-state index contributed by atoms with van der Waals surface area (Å²) in [7, 11) is 0. The molecule has 0 bridgehead atoms. The molecule has 0 aliphatic carbocycles. The van der Waals surface area contributed by atoms with E-state index in [1.165, 1.54) is 6.92 Å². The van der Waals surface area contributed by atoms with Gasteiger partial charge in [-0.2, -0.15) is 0 Å². The van der Waals surface area contributed by atoms with Crippen molar-refractivity contribution in [2.45, 2.75) is 39.3 Å². The molecule has 0 fully saturated rings. The first-order chi connectivity index (χ1) is 4.48. The van der Waals surface area contributed by atoms with Gasteiger partial charge in [0.05, 0.1) is 6.61 Å². The number of rotatable bonds is 4. The molecule has 2 heteroatoms. The maximum atomic E-state index is 12.9. The molecule has 62 valence electrons. The third-order valence-corrected chi connectivity index (χ3v) is 1.57. The maximum Gasteiger partial charge on any atom is 0.131 e. The fourth-order valence-corrected chi connectivity index (χ4v) is 0.669. The van der Waals surface area contributed by atoms with E-state index in [9.17, 15) is 4.39 Å². The van der Waals surface area contributed by atoms with Crippen LogP contribution in [0, 0.1) is 5.92 Å². The van der Waals surface area contributed by atoms with E-state index in [4.69, 9.17) is 5.11 Å². The molecule has 1 unspecified atom stereocenters. The van der Waals surface area contributed by atoms with Crippen LogP contribution in [-0.2, 0) is 0 Å². The quantitative estimate of drug-likeness (QED) is 0.647. The van der Waals surface area contributed by atoms with Crippen LogP contribution >= 0.6 is 0 Å². The summed E-state index contributed by atoms with van der Waals surface area (Å²) in [5, 5.41) is 8.53. The molecule has 0 amide bonds. The van der Waals surface area contributed by atoms with Crippen molar-refractivity contribution in [3.8, 4) is 0 Å². The first-order valence-corrected chi connectivity index (χ1v) is 3.78. The van der Waals surface area contributed by atoms with Crippen molar-refractivity contribution in [1.29, 1.82) is 0 Å². The Morgan fingerprint density at radius 2 is 2.00 bits per heavy atom. The lowest BCUT2D eigenvalue weighted by Gasteiger charge is -2.17. The second-order valence-electron chi connectivity index (χ2n) is 3.50. The van der Waals surface area contributed by atoms with Crippen molar-refractivity contribution in [2.75, 3.05) is 6.61 Å². The Bertz CT molecular complexity index is 89.3. The summed E-state index contributed by atoms with van der Waals surface area (Å²) in [6.45, 7) is 5.18.